The lowest BCUT2D eigenvalue weighted by Gasteiger charge is -2.09. The van der Waals surface area contributed by atoms with E-state index in [2.05, 4.69) is 10.4 Å². The first-order valence-electron chi connectivity index (χ1n) is 7.45. The van der Waals surface area contributed by atoms with Crippen LogP contribution in [0.3, 0.4) is 0 Å². The maximum absolute atomic E-state index is 12.6. The summed E-state index contributed by atoms with van der Waals surface area (Å²) in [6.45, 7) is 2.15. The number of thioether (sulfide) groups is 1. The Morgan fingerprint density at radius 3 is 2.68 bits per heavy atom. The molecular formula is C16H17ClF3N3OS. The molecule has 1 aromatic carbocycles. The molecule has 0 saturated heterocycles. The molecule has 1 N–H and O–H groups in total. The Hall–Kier alpha value is -1.67. The van der Waals surface area contributed by atoms with Crippen LogP contribution in [0.15, 0.2) is 29.2 Å². The summed E-state index contributed by atoms with van der Waals surface area (Å²) < 4.78 is 39.1. The highest BCUT2D eigenvalue weighted by molar-refractivity contribution is 7.98. The summed E-state index contributed by atoms with van der Waals surface area (Å²) in [6.07, 6.45) is -2.11. The number of nitrogens with zero attached hydrogens (tertiary/aromatic N) is 2. The zero-order valence-corrected chi connectivity index (χ0v) is 15.2. The number of alkyl halides is 3. The summed E-state index contributed by atoms with van der Waals surface area (Å²) in [4.78, 5) is 13.1. The maximum Gasteiger partial charge on any atom is 0.435 e. The summed E-state index contributed by atoms with van der Waals surface area (Å²) in [5, 5.41) is 6.62. The van der Waals surface area contributed by atoms with Gasteiger partial charge in [-0.25, -0.2) is 0 Å². The highest BCUT2D eigenvalue weighted by atomic mass is 35.5. The van der Waals surface area contributed by atoms with Crippen LogP contribution in [-0.4, -0.2) is 28.5 Å². The largest absolute Gasteiger partial charge is 0.435 e. The van der Waals surface area contributed by atoms with Crippen LogP contribution in [0.5, 0.6) is 0 Å². The van der Waals surface area contributed by atoms with E-state index in [4.69, 9.17) is 11.6 Å². The molecule has 25 heavy (non-hydrogen) atoms. The van der Waals surface area contributed by atoms with Crippen molar-refractivity contribution in [2.24, 2.45) is 0 Å². The van der Waals surface area contributed by atoms with Gasteiger partial charge in [-0.05, 0) is 43.9 Å². The minimum absolute atomic E-state index is 0.279. The van der Waals surface area contributed by atoms with Gasteiger partial charge in [0.2, 0.25) is 0 Å². The second-order valence-electron chi connectivity index (χ2n) is 5.35. The van der Waals surface area contributed by atoms with Crippen LogP contribution in [0.1, 0.15) is 28.2 Å². The van der Waals surface area contributed by atoms with Crippen LogP contribution in [0.25, 0.3) is 0 Å². The molecule has 0 saturated carbocycles. The van der Waals surface area contributed by atoms with Crippen LogP contribution in [0.4, 0.5) is 13.2 Å². The minimum atomic E-state index is -4.46. The van der Waals surface area contributed by atoms with Gasteiger partial charge in [0, 0.05) is 23.7 Å². The van der Waals surface area contributed by atoms with E-state index in [0.29, 0.717) is 29.2 Å². The molecule has 0 aliphatic heterocycles. The van der Waals surface area contributed by atoms with Crippen molar-refractivity contribution in [2.75, 3.05) is 12.8 Å². The zero-order valence-electron chi connectivity index (χ0n) is 13.7. The number of halogens is 4. The van der Waals surface area contributed by atoms with Gasteiger partial charge in [0.05, 0.1) is 10.6 Å². The topological polar surface area (TPSA) is 46.9 Å². The minimum Gasteiger partial charge on any atom is -0.352 e. The molecule has 0 aliphatic rings. The van der Waals surface area contributed by atoms with Crippen molar-refractivity contribution in [1.82, 2.24) is 15.1 Å². The van der Waals surface area contributed by atoms with E-state index in [-0.39, 0.29) is 12.5 Å². The SMILES string of the molecule is CSc1ccc(Cl)c(C(=O)NCCCn2nc(C(F)(F)F)cc2C)c1. The van der Waals surface area contributed by atoms with Gasteiger partial charge in [-0.3, -0.25) is 9.48 Å². The Kier molecular flexibility index (Phi) is 6.40. The Morgan fingerprint density at radius 2 is 2.08 bits per heavy atom. The fourth-order valence-electron chi connectivity index (χ4n) is 2.21. The highest BCUT2D eigenvalue weighted by Gasteiger charge is 2.34. The van der Waals surface area contributed by atoms with Crippen molar-refractivity contribution >= 4 is 29.3 Å². The van der Waals surface area contributed by atoms with E-state index in [1.165, 1.54) is 16.4 Å². The van der Waals surface area contributed by atoms with Gasteiger partial charge < -0.3 is 5.32 Å². The third-order valence-electron chi connectivity index (χ3n) is 3.52. The molecule has 0 aliphatic carbocycles. The second-order valence-corrected chi connectivity index (χ2v) is 6.63. The Labute approximate surface area is 152 Å². The Balaban J connectivity index is 1.89. The van der Waals surface area contributed by atoms with Gasteiger partial charge in [-0.2, -0.15) is 18.3 Å². The van der Waals surface area contributed by atoms with Crippen molar-refractivity contribution in [2.45, 2.75) is 31.0 Å². The van der Waals surface area contributed by atoms with Gasteiger partial charge in [0.25, 0.3) is 5.91 Å². The van der Waals surface area contributed by atoms with Gasteiger partial charge in [0.1, 0.15) is 0 Å². The predicted molar refractivity (Wildman–Crippen MR) is 92.1 cm³/mol. The van der Waals surface area contributed by atoms with Crippen molar-refractivity contribution < 1.29 is 18.0 Å². The van der Waals surface area contributed by atoms with Crippen LogP contribution < -0.4 is 5.32 Å². The molecule has 9 heteroatoms. The number of nitrogens with one attached hydrogen (secondary N) is 1. The predicted octanol–water partition coefficient (Wildman–Crippen LogP) is 4.41. The van der Waals surface area contributed by atoms with Crippen LogP contribution in [0.2, 0.25) is 5.02 Å². The molecule has 1 aromatic heterocycles. The molecule has 1 heterocycles. The van der Waals surface area contributed by atoms with Crippen molar-refractivity contribution in [3.63, 3.8) is 0 Å². The number of rotatable bonds is 6. The molecule has 2 rings (SSSR count). The molecule has 0 atom stereocenters. The van der Waals surface area contributed by atoms with Gasteiger partial charge in [-0.15, -0.1) is 11.8 Å². The molecule has 2 aromatic rings. The lowest BCUT2D eigenvalue weighted by molar-refractivity contribution is -0.141. The molecule has 0 radical (unpaired) electrons. The average Bonchev–Trinajstić information content (AvgIpc) is 2.93. The fourth-order valence-corrected chi connectivity index (χ4v) is 2.85. The van der Waals surface area contributed by atoms with Crippen LogP contribution >= 0.6 is 23.4 Å². The fraction of sp³-hybridized carbons (Fsp3) is 0.375. The summed E-state index contributed by atoms with van der Waals surface area (Å²) >= 11 is 7.53. The number of amides is 1. The van der Waals surface area contributed by atoms with E-state index < -0.39 is 11.9 Å². The average molecular weight is 392 g/mol. The Morgan fingerprint density at radius 1 is 1.36 bits per heavy atom. The molecule has 1 amide bonds. The third kappa shape index (κ3) is 5.15. The molecule has 0 unspecified atom stereocenters. The number of hydrogen-bond acceptors (Lipinski definition) is 3. The quantitative estimate of drug-likeness (QED) is 0.586. The first kappa shape index (κ1) is 19.7. The summed E-state index contributed by atoms with van der Waals surface area (Å²) in [5.41, 5.74) is -0.104. The van der Waals surface area contributed by atoms with Crippen LogP contribution in [0, 0.1) is 6.92 Å². The monoisotopic (exact) mass is 391 g/mol. The summed E-state index contributed by atoms with van der Waals surface area (Å²) in [5.74, 6) is -0.311. The number of aromatic nitrogens is 2. The first-order chi connectivity index (χ1) is 11.7. The van der Waals surface area contributed by atoms with Gasteiger partial charge >= 0.3 is 6.18 Å². The van der Waals surface area contributed by atoms with Gasteiger partial charge in [0.15, 0.2) is 5.69 Å². The number of aryl methyl sites for hydroxylation is 2. The van der Waals surface area contributed by atoms with E-state index in [1.807, 2.05) is 12.3 Å². The first-order valence-corrected chi connectivity index (χ1v) is 9.06. The van der Waals surface area contributed by atoms with E-state index in [9.17, 15) is 18.0 Å². The molecule has 4 nitrogen and oxygen atoms in total. The highest BCUT2D eigenvalue weighted by Crippen LogP contribution is 2.28. The maximum atomic E-state index is 12.6. The lowest BCUT2D eigenvalue weighted by atomic mass is 10.2. The Bertz CT molecular complexity index is 762. The normalized spacial score (nSPS) is 11.6. The third-order valence-corrected chi connectivity index (χ3v) is 4.58. The van der Waals surface area contributed by atoms with E-state index >= 15 is 0 Å². The number of hydrogen-bond donors (Lipinski definition) is 1. The molecular weight excluding hydrogens is 375 g/mol. The van der Waals surface area contributed by atoms with Crippen LogP contribution in [-0.2, 0) is 12.7 Å². The lowest BCUT2D eigenvalue weighted by Crippen LogP contribution is -2.25. The summed E-state index contributed by atoms with van der Waals surface area (Å²) in [7, 11) is 0. The van der Waals surface area contributed by atoms with Crippen molar-refractivity contribution in [3.8, 4) is 0 Å². The molecule has 0 spiro atoms. The molecule has 0 fully saturated rings. The van der Waals surface area contributed by atoms with Crippen molar-refractivity contribution in [1.29, 1.82) is 0 Å². The van der Waals surface area contributed by atoms with Crippen molar-refractivity contribution in [3.05, 3.63) is 46.2 Å². The smallest absolute Gasteiger partial charge is 0.352 e. The molecule has 136 valence electrons. The zero-order chi connectivity index (χ0) is 18.6. The van der Waals surface area contributed by atoms with E-state index in [1.54, 1.807) is 19.1 Å². The standard InChI is InChI=1S/C16H17ClF3N3OS/c1-10-8-14(16(18,19)20)22-23(10)7-3-6-21-15(24)12-9-11(25-2)4-5-13(12)17/h4-5,8-9H,3,6-7H2,1-2H3,(H,21,24). The van der Waals surface area contributed by atoms with E-state index in [0.717, 1.165) is 11.0 Å². The number of carbonyl (C=O) groups is 1. The number of carbonyl (C=O) groups excluding carboxylic acids is 1. The van der Waals surface area contributed by atoms with Gasteiger partial charge in [-0.1, -0.05) is 11.6 Å². The second kappa shape index (κ2) is 8.14. The molecule has 0 bridgehead atoms. The number of benzene rings is 1. The summed E-state index contributed by atoms with van der Waals surface area (Å²) in [6, 6.07) is 6.19.